The van der Waals surface area contributed by atoms with E-state index in [9.17, 15) is 0 Å². The van der Waals surface area contributed by atoms with Gasteiger partial charge in [0.05, 0.1) is 0 Å². The van der Waals surface area contributed by atoms with Crippen LogP contribution in [-0.4, -0.2) is 33.1 Å². The van der Waals surface area contributed by atoms with Crippen molar-refractivity contribution in [2.45, 2.75) is 32.1 Å². The maximum atomic E-state index is 5.13. The fourth-order valence-corrected chi connectivity index (χ4v) is 1.69. The topological polar surface area (TPSA) is 30.5 Å². The summed E-state index contributed by atoms with van der Waals surface area (Å²) in [7, 11) is 3.31. The first-order valence-corrected chi connectivity index (χ1v) is 6.09. The zero-order valence-corrected chi connectivity index (χ0v) is 11.0. The lowest BCUT2D eigenvalue weighted by Crippen LogP contribution is -2.35. The van der Waals surface area contributed by atoms with Crippen LogP contribution in [0, 0.1) is 0 Å². The van der Waals surface area contributed by atoms with Gasteiger partial charge in [-0.25, -0.2) is 0 Å². The van der Waals surface area contributed by atoms with Crippen molar-refractivity contribution in [2.24, 2.45) is 0 Å². The second-order valence-electron chi connectivity index (χ2n) is 4.23. The maximum absolute atomic E-state index is 5.13. The highest BCUT2D eigenvalue weighted by Crippen LogP contribution is 2.04. The van der Waals surface area contributed by atoms with Crippen molar-refractivity contribution in [3.63, 3.8) is 0 Å². The van der Waals surface area contributed by atoms with Crippen molar-refractivity contribution < 1.29 is 9.47 Å². The largest absolute Gasteiger partial charge is 0.355 e. The molecule has 0 radical (unpaired) electrons. The van der Waals surface area contributed by atoms with Crippen LogP contribution in [0.3, 0.4) is 0 Å². The van der Waals surface area contributed by atoms with Crippen LogP contribution in [0.1, 0.15) is 18.9 Å². The molecule has 0 aliphatic carbocycles. The van der Waals surface area contributed by atoms with E-state index in [1.165, 1.54) is 5.56 Å². The van der Waals surface area contributed by atoms with Gasteiger partial charge in [0.25, 0.3) is 0 Å². The molecule has 0 amide bonds. The Hall–Kier alpha value is -0.900. The summed E-state index contributed by atoms with van der Waals surface area (Å²) in [4.78, 5) is 0. The molecule has 0 unspecified atom stereocenters. The lowest BCUT2D eigenvalue weighted by Gasteiger charge is -2.18. The van der Waals surface area contributed by atoms with Gasteiger partial charge < -0.3 is 14.8 Å². The second-order valence-corrected chi connectivity index (χ2v) is 4.23. The van der Waals surface area contributed by atoms with Crippen molar-refractivity contribution in [1.82, 2.24) is 5.32 Å². The SMILES string of the molecule is COC(CN[C@H](C)CCc1ccccc1)OC. The Morgan fingerprint density at radius 3 is 2.35 bits per heavy atom. The average molecular weight is 237 g/mol. The minimum atomic E-state index is -0.158. The molecule has 0 bridgehead atoms. The highest BCUT2D eigenvalue weighted by molar-refractivity contribution is 5.14. The van der Waals surface area contributed by atoms with Crippen LogP contribution in [-0.2, 0) is 15.9 Å². The van der Waals surface area contributed by atoms with Crippen LogP contribution < -0.4 is 5.32 Å². The molecule has 0 saturated carbocycles. The number of hydrogen-bond acceptors (Lipinski definition) is 3. The van der Waals surface area contributed by atoms with Crippen LogP contribution in [0.25, 0.3) is 0 Å². The zero-order chi connectivity index (χ0) is 12.5. The zero-order valence-electron chi connectivity index (χ0n) is 11.0. The lowest BCUT2D eigenvalue weighted by atomic mass is 10.1. The van der Waals surface area contributed by atoms with Gasteiger partial charge in [0.1, 0.15) is 0 Å². The Labute approximate surface area is 104 Å². The molecule has 3 nitrogen and oxygen atoms in total. The fourth-order valence-electron chi connectivity index (χ4n) is 1.69. The molecule has 0 aliphatic heterocycles. The molecule has 0 aliphatic rings. The summed E-state index contributed by atoms with van der Waals surface area (Å²) in [6, 6.07) is 11.0. The Morgan fingerprint density at radius 2 is 1.76 bits per heavy atom. The van der Waals surface area contributed by atoms with Gasteiger partial charge in [-0.2, -0.15) is 0 Å². The van der Waals surface area contributed by atoms with E-state index in [1.807, 2.05) is 6.07 Å². The summed E-state index contributed by atoms with van der Waals surface area (Å²) in [6.45, 7) is 2.91. The van der Waals surface area contributed by atoms with Gasteiger partial charge in [0, 0.05) is 26.8 Å². The van der Waals surface area contributed by atoms with Crippen LogP contribution in [0.15, 0.2) is 30.3 Å². The fraction of sp³-hybridized carbons (Fsp3) is 0.571. The highest BCUT2D eigenvalue weighted by Gasteiger charge is 2.07. The molecule has 0 fully saturated rings. The van der Waals surface area contributed by atoms with Crippen LogP contribution in [0.2, 0.25) is 0 Å². The van der Waals surface area contributed by atoms with Crippen LogP contribution >= 0.6 is 0 Å². The first kappa shape index (κ1) is 14.2. The third-order valence-corrected chi connectivity index (χ3v) is 2.87. The Morgan fingerprint density at radius 1 is 1.12 bits per heavy atom. The number of aryl methyl sites for hydroxylation is 1. The summed E-state index contributed by atoms with van der Waals surface area (Å²) < 4.78 is 10.3. The van der Waals surface area contributed by atoms with Crippen molar-refractivity contribution in [1.29, 1.82) is 0 Å². The normalized spacial score (nSPS) is 12.9. The molecule has 3 heteroatoms. The smallest absolute Gasteiger partial charge is 0.169 e. The monoisotopic (exact) mass is 237 g/mol. The summed E-state index contributed by atoms with van der Waals surface area (Å²) >= 11 is 0. The highest BCUT2D eigenvalue weighted by atomic mass is 16.7. The van der Waals surface area contributed by atoms with Crippen molar-refractivity contribution in [2.75, 3.05) is 20.8 Å². The molecule has 1 N–H and O–H groups in total. The van der Waals surface area contributed by atoms with E-state index < -0.39 is 0 Å². The second kappa shape index (κ2) is 8.23. The number of hydrogen-bond donors (Lipinski definition) is 1. The predicted molar refractivity (Wildman–Crippen MR) is 70.0 cm³/mol. The molecular formula is C14H23NO2. The number of nitrogens with one attached hydrogen (secondary N) is 1. The molecule has 0 aromatic heterocycles. The summed E-state index contributed by atoms with van der Waals surface area (Å²) in [5, 5.41) is 3.40. The number of methoxy groups -OCH3 is 2. The molecule has 0 heterocycles. The number of rotatable bonds is 8. The molecule has 1 atom stereocenters. The van der Waals surface area contributed by atoms with Crippen molar-refractivity contribution >= 4 is 0 Å². The Kier molecular flexibility index (Phi) is 6.86. The molecule has 17 heavy (non-hydrogen) atoms. The van der Waals surface area contributed by atoms with Crippen molar-refractivity contribution in [3.05, 3.63) is 35.9 Å². The van der Waals surface area contributed by atoms with Crippen molar-refractivity contribution in [3.8, 4) is 0 Å². The summed E-state index contributed by atoms with van der Waals surface area (Å²) in [6.07, 6.45) is 2.05. The molecule has 0 saturated heterocycles. The minimum absolute atomic E-state index is 0.158. The third kappa shape index (κ3) is 5.82. The van der Waals surface area contributed by atoms with Crippen LogP contribution in [0.4, 0.5) is 0 Å². The van der Waals surface area contributed by atoms with E-state index >= 15 is 0 Å². The standard InChI is InChI=1S/C14H23NO2/c1-12(15-11-14(16-2)17-3)9-10-13-7-5-4-6-8-13/h4-8,12,14-15H,9-11H2,1-3H3/t12-/m1/s1. The van der Waals surface area contributed by atoms with Gasteiger partial charge in [-0.3, -0.25) is 0 Å². The summed E-state index contributed by atoms with van der Waals surface area (Å²) in [5.74, 6) is 0. The molecule has 1 rings (SSSR count). The molecule has 1 aromatic rings. The number of ether oxygens (including phenoxy) is 2. The van der Waals surface area contributed by atoms with E-state index in [-0.39, 0.29) is 6.29 Å². The van der Waals surface area contributed by atoms with Gasteiger partial charge in [0.15, 0.2) is 6.29 Å². The average Bonchev–Trinajstić information content (AvgIpc) is 2.39. The van der Waals surface area contributed by atoms with Gasteiger partial charge >= 0.3 is 0 Å². The first-order chi connectivity index (χ1) is 8.26. The van der Waals surface area contributed by atoms with E-state index in [2.05, 4.69) is 36.5 Å². The minimum Gasteiger partial charge on any atom is -0.355 e. The Balaban J connectivity index is 2.19. The van der Waals surface area contributed by atoms with Gasteiger partial charge in [-0.15, -0.1) is 0 Å². The lowest BCUT2D eigenvalue weighted by molar-refractivity contribution is -0.0997. The van der Waals surface area contributed by atoms with E-state index in [1.54, 1.807) is 14.2 Å². The first-order valence-electron chi connectivity index (χ1n) is 6.09. The molecule has 96 valence electrons. The summed E-state index contributed by atoms with van der Waals surface area (Å²) in [5.41, 5.74) is 1.39. The third-order valence-electron chi connectivity index (χ3n) is 2.87. The quantitative estimate of drug-likeness (QED) is 0.703. The van der Waals surface area contributed by atoms with E-state index in [0.717, 1.165) is 19.4 Å². The van der Waals surface area contributed by atoms with Gasteiger partial charge in [0.2, 0.25) is 0 Å². The van der Waals surface area contributed by atoms with Gasteiger partial charge in [-0.05, 0) is 25.3 Å². The molecular weight excluding hydrogens is 214 g/mol. The maximum Gasteiger partial charge on any atom is 0.169 e. The van der Waals surface area contributed by atoms with Gasteiger partial charge in [-0.1, -0.05) is 30.3 Å². The number of benzene rings is 1. The Bertz CT molecular complexity index is 286. The predicted octanol–water partition coefficient (Wildman–Crippen LogP) is 2.22. The molecule has 0 spiro atoms. The van der Waals surface area contributed by atoms with Crippen LogP contribution in [0.5, 0.6) is 0 Å². The van der Waals surface area contributed by atoms with E-state index in [4.69, 9.17) is 9.47 Å². The molecule has 1 aromatic carbocycles. The van der Waals surface area contributed by atoms with E-state index in [0.29, 0.717) is 6.04 Å².